The fourth-order valence-corrected chi connectivity index (χ4v) is 2.96. The molecule has 6 nitrogen and oxygen atoms in total. The van der Waals surface area contributed by atoms with E-state index in [1.165, 1.54) is 17.8 Å². The summed E-state index contributed by atoms with van der Waals surface area (Å²) in [5, 5.41) is 11.4. The number of rotatable bonds is 7. The Balaban J connectivity index is 1.89. The average Bonchev–Trinajstić information content (AvgIpc) is 2.94. The minimum Gasteiger partial charge on any atom is -0.497 e. The lowest BCUT2D eigenvalue weighted by atomic mass is 10.2. The van der Waals surface area contributed by atoms with Crippen molar-refractivity contribution in [2.24, 2.45) is 0 Å². The van der Waals surface area contributed by atoms with E-state index < -0.39 is 5.97 Å². The summed E-state index contributed by atoms with van der Waals surface area (Å²) in [6.07, 6.45) is 0. The van der Waals surface area contributed by atoms with Crippen molar-refractivity contribution in [1.29, 1.82) is 0 Å². The molecule has 0 saturated carbocycles. The molecule has 0 fully saturated rings. The van der Waals surface area contributed by atoms with Gasteiger partial charge in [0, 0.05) is 4.90 Å². The molecule has 1 aromatic carbocycles. The van der Waals surface area contributed by atoms with Crippen molar-refractivity contribution in [1.82, 2.24) is 5.32 Å². The van der Waals surface area contributed by atoms with Crippen molar-refractivity contribution in [3.63, 3.8) is 0 Å². The molecule has 2 aromatic rings. The van der Waals surface area contributed by atoms with E-state index >= 15 is 0 Å². The van der Waals surface area contributed by atoms with E-state index in [9.17, 15) is 9.59 Å². The molecule has 1 heterocycles. The van der Waals surface area contributed by atoms with Gasteiger partial charge in [0.15, 0.2) is 0 Å². The SMILES string of the molecule is COc1ccc(SC(C)C(=O)NCc2cc(C(=O)O)c(C)o2)cc1. The van der Waals surface area contributed by atoms with Gasteiger partial charge in [0.25, 0.3) is 0 Å². The van der Waals surface area contributed by atoms with Crippen LogP contribution in [0.4, 0.5) is 0 Å². The molecule has 1 amide bonds. The van der Waals surface area contributed by atoms with Crippen LogP contribution < -0.4 is 10.1 Å². The summed E-state index contributed by atoms with van der Waals surface area (Å²) < 4.78 is 10.4. The summed E-state index contributed by atoms with van der Waals surface area (Å²) in [4.78, 5) is 24.1. The smallest absolute Gasteiger partial charge is 0.339 e. The highest BCUT2D eigenvalue weighted by molar-refractivity contribution is 8.00. The highest BCUT2D eigenvalue weighted by Crippen LogP contribution is 2.25. The molecular weight excluding hydrogens is 330 g/mol. The van der Waals surface area contributed by atoms with E-state index in [-0.39, 0.29) is 23.3 Å². The van der Waals surface area contributed by atoms with E-state index in [4.69, 9.17) is 14.3 Å². The van der Waals surface area contributed by atoms with Gasteiger partial charge in [-0.05, 0) is 44.2 Å². The van der Waals surface area contributed by atoms with Crippen molar-refractivity contribution < 1.29 is 23.8 Å². The van der Waals surface area contributed by atoms with Crippen LogP contribution in [0.15, 0.2) is 39.6 Å². The first kappa shape index (κ1) is 17.9. The van der Waals surface area contributed by atoms with Gasteiger partial charge in [0.1, 0.15) is 22.8 Å². The first-order valence-electron chi connectivity index (χ1n) is 7.31. The number of carbonyl (C=O) groups is 2. The van der Waals surface area contributed by atoms with Crippen LogP contribution in [0.1, 0.15) is 28.8 Å². The molecule has 1 atom stereocenters. The van der Waals surface area contributed by atoms with Crippen LogP contribution >= 0.6 is 11.8 Å². The van der Waals surface area contributed by atoms with Crippen LogP contribution in [0.5, 0.6) is 5.75 Å². The van der Waals surface area contributed by atoms with E-state index in [1.807, 2.05) is 24.3 Å². The number of amides is 1. The van der Waals surface area contributed by atoms with Crippen LogP contribution in [0.2, 0.25) is 0 Å². The minimum atomic E-state index is -1.04. The number of furan rings is 1. The molecule has 0 aliphatic rings. The summed E-state index contributed by atoms with van der Waals surface area (Å²) in [5.74, 6) is 0.310. The monoisotopic (exact) mass is 349 g/mol. The highest BCUT2D eigenvalue weighted by Gasteiger charge is 2.17. The maximum Gasteiger partial charge on any atom is 0.339 e. The Morgan fingerprint density at radius 1 is 1.33 bits per heavy atom. The van der Waals surface area contributed by atoms with E-state index in [2.05, 4.69) is 5.32 Å². The molecule has 24 heavy (non-hydrogen) atoms. The Morgan fingerprint density at radius 3 is 2.54 bits per heavy atom. The number of carboxylic acid groups (broad SMARTS) is 1. The van der Waals surface area contributed by atoms with Gasteiger partial charge in [-0.2, -0.15) is 0 Å². The normalized spacial score (nSPS) is 11.8. The van der Waals surface area contributed by atoms with Crippen molar-refractivity contribution in [3.05, 3.63) is 47.4 Å². The molecule has 0 spiro atoms. The van der Waals surface area contributed by atoms with E-state index in [1.54, 1.807) is 21.0 Å². The zero-order chi connectivity index (χ0) is 17.7. The number of hydrogen-bond donors (Lipinski definition) is 2. The zero-order valence-corrected chi connectivity index (χ0v) is 14.5. The Labute approximate surface area is 144 Å². The first-order chi connectivity index (χ1) is 11.4. The van der Waals surface area contributed by atoms with Crippen molar-refractivity contribution in [2.75, 3.05) is 7.11 Å². The predicted molar refractivity (Wildman–Crippen MR) is 90.6 cm³/mol. The number of thioether (sulfide) groups is 1. The first-order valence-corrected chi connectivity index (χ1v) is 8.19. The predicted octanol–water partition coefficient (Wildman–Crippen LogP) is 3.09. The molecule has 7 heteroatoms. The van der Waals surface area contributed by atoms with Crippen LogP contribution in [-0.2, 0) is 11.3 Å². The number of carboxylic acids is 1. The molecule has 2 N–H and O–H groups in total. The van der Waals surface area contributed by atoms with E-state index in [0.717, 1.165) is 10.6 Å². The third-order valence-electron chi connectivity index (χ3n) is 3.38. The summed E-state index contributed by atoms with van der Waals surface area (Å²) >= 11 is 1.43. The topological polar surface area (TPSA) is 88.8 Å². The molecule has 0 saturated heterocycles. The standard InChI is InChI=1S/C17H19NO5S/c1-10-15(17(20)21)8-13(23-10)9-18-16(19)11(2)24-14-6-4-12(22-3)5-7-14/h4-8,11H,9H2,1-3H3,(H,18,19)(H,20,21). The van der Waals surface area contributed by atoms with Crippen LogP contribution in [-0.4, -0.2) is 29.3 Å². The third-order valence-corrected chi connectivity index (χ3v) is 4.49. The molecule has 128 valence electrons. The lowest BCUT2D eigenvalue weighted by Crippen LogP contribution is -2.30. The van der Waals surface area contributed by atoms with Gasteiger partial charge in [-0.15, -0.1) is 11.8 Å². The van der Waals surface area contributed by atoms with E-state index in [0.29, 0.717) is 11.5 Å². The van der Waals surface area contributed by atoms with Gasteiger partial charge in [0.2, 0.25) is 5.91 Å². The second-order valence-corrected chi connectivity index (χ2v) is 6.56. The number of benzene rings is 1. The maximum atomic E-state index is 12.2. The quantitative estimate of drug-likeness (QED) is 0.747. The third kappa shape index (κ3) is 4.55. The molecule has 2 rings (SSSR count). The Hall–Kier alpha value is -2.41. The molecule has 1 aromatic heterocycles. The summed E-state index contributed by atoms with van der Waals surface area (Å²) in [7, 11) is 1.60. The average molecular weight is 349 g/mol. The molecule has 0 bridgehead atoms. The molecule has 0 aliphatic heterocycles. The summed E-state index contributed by atoms with van der Waals surface area (Å²) in [6, 6.07) is 8.89. The summed E-state index contributed by atoms with van der Waals surface area (Å²) in [6.45, 7) is 3.54. The van der Waals surface area contributed by atoms with Gasteiger partial charge >= 0.3 is 5.97 Å². The highest BCUT2D eigenvalue weighted by atomic mass is 32.2. The molecular formula is C17H19NO5S. The minimum absolute atomic E-state index is 0.111. The largest absolute Gasteiger partial charge is 0.497 e. The number of methoxy groups -OCH3 is 1. The Kier molecular flexibility index (Phi) is 5.92. The number of aromatic carboxylic acids is 1. The van der Waals surface area contributed by atoms with Gasteiger partial charge in [-0.3, -0.25) is 4.79 Å². The number of carbonyl (C=O) groups excluding carboxylic acids is 1. The summed E-state index contributed by atoms with van der Waals surface area (Å²) in [5.41, 5.74) is 0.111. The van der Waals surface area contributed by atoms with Gasteiger partial charge < -0.3 is 19.6 Å². The van der Waals surface area contributed by atoms with Crippen molar-refractivity contribution in [3.8, 4) is 5.75 Å². The second kappa shape index (κ2) is 7.92. The number of hydrogen-bond acceptors (Lipinski definition) is 5. The van der Waals surface area contributed by atoms with Crippen LogP contribution in [0, 0.1) is 6.92 Å². The fourth-order valence-electron chi connectivity index (χ4n) is 2.07. The number of nitrogens with one attached hydrogen (secondary N) is 1. The lowest BCUT2D eigenvalue weighted by Gasteiger charge is -2.11. The number of aryl methyl sites for hydroxylation is 1. The van der Waals surface area contributed by atoms with Crippen molar-refractivity contribution >= 4 is 23.6 Å². The maximum absolute atomic E-state index is 12.2. The Morgan fingerprint density at radius 2 is 2.00 bits per heavy atom. The van der Waals surface area contributed by atoms with Crippen LogP contribution in [0.3, 0.4) is 0 Å². The number of ether oxygens (including phenoxy) is 1. The lowest BCUT2D eigenvalue weighted by molar-refractivity contribution is -0.120. The molecule has 1 unspecified atom stereocenters. The van der Waals surface area contributed by atoms with Crippen LogP contribution in [0.25, 0.3) is 0 Å². The van der Waals surface area contributed by atoms with Gasteiger partial charge in [-0.1, -0.05) is 0 Å². The zero-order valence-electron chi connectivity index (χ0n) is 13.7. The Bertz CT molecular complexity index is 723. The van der Waals surface area contributed by atoms with Crippen molar-refractivity contribution in [2.45, 2.75) is 30.5 Å². The van der Waals surface area contributed by atoms with Gasteiger partial charge in [0.05, 0.1) is 18.9 Å². The molecule has 0 radical (unpaired) electrons. The molecule has 0 aliphatic carbocycles. The second-order valence-electron chi connectivity index (χ2n) is 5.14. The fraction of sp³-hybridized carbons (Fsp3) is 0.294. The van der Waals surface area contributed by atoms with Gasteiger partial charge in [-0.25, -0.2) is 4.79 Å².